The van der Waals surface area contributed by atoms with Crippen LogP contribution in [0.2, 0.25) is 0 Å². The highest BCUT2D eigenvalue weighted by Gasteiger charge is 2.22. The molecular weight excluding hydrogens is 583 g/mol. The first-order chi connectivity index (χ1) is 22.3. The first kappa shape index (κ1) is 34.2. The number of piperidine rings is 1. The molecule has 0 spiro atoms. The summed E-state index contributed by atoms with van der Waals surface area (Å²) in [4.78, 5) is 26.6. The molecule has 46 heavy (non-hydrogen) atoms. The Labute approximate surface area is 271 Å². The van der Waals surface area contributed by atoms with E-state index in [0.717, 1.165) is 41.5 Å². The van der Waals surface area contributed by atoms with Gasteiger partial charge in [0.25, 0.3) is 5.91 Å². The smallest absolute Gasteiger partial charge is 0.337 e. The van der Waals surface area contributed by atoms with Gasteiger partial charge in [-0.1, -0.05) is 62.1 Å². The van der Waals surface area contributed by atoms with Crippen LogP contribution in [0.25, 0.3) is 16.7 Å². The lowest BCUT2D eigenvalue weighted by Crippen LogP contribution is -2.35. The Morgan fingerprint density at radius 3 is 2.48 bits per heavy atom. The summed E-state index contributed by atoms with van der Waals surface area (Å²) in [7, 11) is 1.36. The lowest BCUT2D eigenvalue weighted by molar-refractivity contribution is -0.135. The number of halogens is 1. The number of rotatable bonds is 14. The molecule has 1 aliphatic rings. The Kier molecular flexibility index (Phi) is 12.7. The quantitative estimate of drug-likeness (QED) is 0.0851. The molecule has 1 amide bonds. The summed E-state index contributed by atoms with van der Waals surface area (Å²) >= 11 is 0. The number of carbonyl (C=O) groups excluding carboxylic acids is 2. The van der Waals surface area contributed by atoms with Crippen LogP contribution >= 0.6 is 0 Å². The molecule has 1 aliphatic heterocycles. The minimum atomic E-state index is -0.393. The Balaban J connectivity index is 1.25. The summed E-state index contributed by atoms with van der Waals surface area (Å²) in [6.07, 6.45) is 7.92. The molecular formula is C38H43FN2O5. The highest BCUT2D eigenvalue weighted by molar-refractivity contribution is 5.92. The van der Waals surface area contributed by atoms with Crippen molar-refractivity contribution in [3.8, 4) is 16.9 Å². The monoisotopic (exact) mass is 626 g/mol. The predicted octanol–water partition coefficient (Wildman–Crippen LogP) is 7.84. The molecule has 8 heteroatoms. The summed E-state index contributed by atoms with van der Waals surface area (Å²) in [5.74, 6) is -0.259. The fraction of sp³-hybridized carbons (Fsp3) is 0.316. The van der Waals surface area contributed by atoms with Crippen molar-refractivity contribution < 1.29 is 28.2 Å². The van der Waals surface area contributed by atoms with Gasteiger partial charge in [0.1, 0.15) is 11.6 Å². The van der Waals surface area contributed by atoms with E-state index in [-0.39, 0.29) is 18.5 Å². The molecule has 0 saturated carbocycles. The zero-order valence-electron chi connectivity index (χ0n) is 26.9. The van der Waals surface area contributed by atoms with Crippen molar-refractivity contribution >= 4 is 28.8 Å². The SMILES string of the molecule is C=C(C)c1cc(-c2ccccc2)ccc1OCC(=O)Nc1ccc(N2CCC(COC/C=C(\C=C/CC)C(=O)OC)CC2)c(F)c1. The van der Waals surface area contributed by atoms with Crippen molar-refractivity contribution in [2.75, 3.05) is 50.2 Å². The number of anilines is 2. The van der Waals surface area contributed by atoms with Gasteiger partial charge >= 0.3 is 5.97 Å². The molecule has 1 N–H and O–H groups in total. The van der Waals surface area contributed by atoms with Crippen LogP contribution < -0.4 is 15.0 Å². The summed E-state index contributed by atoms with van der Waals surface area (Å²) in [5, 5.41) is 2.74. The van der Waals surface area contributed by atoms with Gasteiger partial charge in [0.15, 0.2) is 6.61 Å². The van der Waals surface area contributed by atoms with Crippen LogP contribution in [0.5, 0.6) is 5.75 Å². The standard InChI is InChI=1S/C38H43FN2O5/c1-5-6-10-30(38(43)44-4)19-22-45-25-28-17-20-41(21-18-28)35-15-14-32(24-34(35)39)40-37(42)26-46-36-16-13-31(23-33(36)27(2)3)29-11-8-7-9-12-29/h6-16,19,23-24,28H,2,5,17-18,20-22,25-26H2,1,3-4H3,(H,40,42)/b10-6-,30-19+. The molecule has 7 nitrogen and oxygen atoms in total. The molecule has 242 valence electrons. The van der Waals surface area contributed by atoms with Crippen LogP contribution in [0.15, 0.2) is 97.1 Å². The first-order valence-electron chi connectivity index (χ1n) is 15.6. The van der Waals surface area contributed by atoms with Gasteiger partial charge in [-0.3, -0.25) is 4.79 Å². The Morgan fingerprint density at radius 2 is 1.80 bits per heavy atom. The number of hydrogen-bond acceptors (Lipinski definition) is 6. The Hall–Kier alpha value is -4.69. The molecule has 3 aromatic carbocycles. The minimum Gasteiger partial charge on any atom is -0.483 e. The minimum absolute atomic E-state index is 0.223. The number of esters is 1. The lowest BCUT2D eigenvalue weighted by Gasteiger charge is -2.33. The molecule has 1 saturated heterocycles. The number of ether oxygens (including phenoxy) is 3. The Bertz CT molecular complexity index is 1560. The number of carbonyl (C=O) groups is 2. The van der Waals surface area contributed by atoms with Crippen LogP contribution in [-0.4, -0.2) is 51.9 Å². The van der Waals surface area contributed by atoms with Crippen molar-refractivity contribution in [1.29, 1.82) is 0 Å². The fourth-order valence-corrected chi connectivity index (χ4v) is 5.29. The van der Waals surface area contributed by atoms with E-state index in [1.807, 2.05) is 73.4 Å². The van der Waals surface area contributed by atoms with E-state index in [1.54, 1.807) is 24.3 Å². The van der Waals surface area contributed by atoms with Crippen molar-refractivity contribution in [2.45, 2.75) is 33.1 Å². The van der Waals surface area contributed by atoms with Gasteiger partial charge in [0.05, 0.1) is 25.0 Å². The molecule has 0 atom stereocenters. The second kappa shape index (κ2) is 17.1. The first-order valence-corrected chi connectivity index (χ1v) is 15.6. The van der Waals surface area contributed by atoms with Crippen LogP contribution in [0.4, 0.5) is 15.8 Å². The number of benzene rings is 3. The molecule has 0 radical (unpaired) electrons. The van der Waals surface area contributed by atoms with E-state index in [4.69, 9.17) is 14.2 Å². The second-order valence-corrected chi connectivity index (χ2v) is 11.3. The molecule has 0 bridgehead atoms. The van der Waals surface area contributed by atoms with Crippen LogP contribution in [0.3, 0.4) is 0 Å². The second-order valence-electron chi connectivity index (χ2n) is 11.3. The third kappa shape index (κ3) is 9.65. The van der Waals surface area contributed by atoms with E-state index in [9.17, 15) is 9.59 Å². The van der Waals surface area contributed by atoms with Gasteiger partial charge in [0, 0.05) is 30.9 Å². The molecule has 1 fully saturated rings. The average Bonchev–Trinajstić information content (AvgIpc) is 3.07. The molecule has 3 aromatic rings. The van der Waals surface area contributed by atoms with Gasteiger partial charge in [-0.05, 0) is 85.2 Å². The third-order valence-corrected chi connectivity index (χ3v) is 7.82. The van der Waals surface area contributed by atoms with Crippen molar-refractivity contribution in [3.05, 3.63) is 108 Å². The maximum atomic E-state index is 15.2. The third-order valence-electron chi connectivity index (χ3n) is 7.82. The lowest BCUT2D eigenvalue weighted by atomic mass is 9.97. The molecule has 0 aliphatic carbocycles. The highest BCUT2D eigenvalue weighted by atomic mass is 19.1. The van der Waals surface area contributed by atoms with Gasteiger partial charge in [-0.25, -0.2) is 9.18 Å². The van der Waals surface area contributed by atoms with E-state index >= 15 is 4.39 Å². The number of nitrogens with one attached hydrogen (secondary N) is 1. The van der Waals surface area contributed by atoms with Gasteiger partial charge in [-0.2, -0.15) is 0 Å². The predicted molar refractivity (Wildman–Crippen MR) is 182 cm³/mol. The maximum absolute atomic E-state index is 15.2. The van der Waals surface area contributed by atoms with E-state index in [0.29, 0.717) is 54.9 Å². The normalized spacial score (nSPS) is 13.9. The van der Waals surface area contributed by atoms with Crippen molar-refractivity contribution in [3.63, 3.8) is 0 Å². The average molecular weight is 627 g/mol. The fourth-order valence-electron chi connectivity index (χ4n) is 5.29. The van der Waals surface area contributed by atoms with Crippen LogP contribution in [-0.2, 0) is 19.1 Å². The largest absolute Gasteiger partial charge is 0.483 e. The van der Waals surface area contributed by atoms with Gasteiger partial charge < -0.3 is 24.4 Å². The summed E-state index contributed by atoms with van der Waals surface area (Å²) in [6.45, 7) is 10.0. The number of hydrogen-bond donors (Lipinski definition) is 1. The number of amides is 1. The maximum Gasteiger partial charge on any atom is 0.337 e. The molecule has 0 unspecified atom stereocenters. The van der Waals surface area contributed by atoms with Crippen molar-refractivity contribution in [2.24, 2.45) is 5.92 Å². The summed E-state index contributed by atoms with van der Waals surface area (Å²) in [5.41, 5.74) is 5.11. The number of nitrogens with zero attached hydrogens (tertiary/aromatic N) is 1. The summed E-state index contributed by atoms with van der Waals surface area (Å²) < 4.78 is 31.6. The van der Waals surface area contributed by atoms with E-state index < -0.39 is 5.82 Å². The summed E-state index contributed by atoms with van der Waals surface area (Å²) in [6, 6.07) is 20.5. The molecule has 1 heterocycles. The topological polar surface area (TPSA) is 77.1 Å². The van der Waals surface area contributed by atoms with Gasteiger partial charge in [-0.15, -0.1) is 0 Å². The van der Waals surface area contributed by atoms with Crippen molar-refractivity contribution in [1.82, 2.24) is 0 Å². The van der Waals surface area contributed by atoms with Crippen LogP contribution in [0.1, 0.15) is 38.7 Å². The Morgan fingerprint density at radius 1 is 1.04 bits per heavy atom. The molecule has 4 rings (SSSR count). The van der Waals surface area contributed by atoms with Crippen LogP contribution in [0, 0.1) is 11.7 Å². The van der Waals surface area contributed by atoms with E-state index in [2.05, 4.69) is 11.9 Å². The zero-order valence-corrected chi connectivity index (χ0v) is 26.9. The van der Waals surface area contributed by atoms with Gasteiger partial charge in [0.2, 0.25) is 0 Å². The number of allylic oxidation sites excluding steroid dienone is 2. The molecule has 0 aromatic heterocycles. The number of methoxy groups -OCH3 is 1. The zero-order chi connectivity index (χ0) is 32.9. The highest BCUT2D eigenvalue weighted by Crippen LogP contribution is 2.31. The van der Waals surface area contributed by atoms with E-state index in [1.165, 1.54) is 13.2 Å².